The lowest BCUT2D eigenvalue weighted by molar-refractivity contribution is 0.112. The van der Waals surface area contributed by atoms with Crippen LogP contribution in [-0.4, -0.2) is 39.1 Å². The zero-order valence-electron chi connectivity index (χ0n) is 15.6. The van der Waals surface area contributed by atoms with Crippen LogP contribution in [0.2, 0.25) is 0 Å². The van der Waals surface area contributed by atoms with Crippen molar-refractivity contribution in [2.75, 3.05) is 42.6 Å². The van der Waals surface area contributed by atoms with Crippen molar-refractivity contribution in [2.45, 2.75) is 26.2 Å². The standard InChI is InChI=1S/C22H28N2O2/c1-2-3-4-17-26-22-11-9-21(10-12-22)24-15-13-23(14-16-24)20-7-5-19(18-25)6-8-20/h5-12,18H,2-4,13-17H2,1H3. The van der Waals surface area contributed by atoms with E-state index in [0.29, 0.717) is 0 Å². The van der Waals surface area contributed by atoms with Gasteiger partial charge in [-0.25, -0.2) is 0 Å². The van der Waals surface area contributed by atoms with Crippen molar-refractivity contribution in [1.82, 2.24) is 0 Å². The van der Waals surface area contributed by atoms with E-state index in [4.69, 9.17) is 4.74 Å². The molecule has 0 saturated carbocycles. The Morgan fingerprint density at radius 2 is 1.38 bits per heavy atom. The molecule has 1 saturated heterocycles. The molecule has 1 aliphatic rings. The van der Waals surface area contributed by atoms with Gasteiger partial charge in [0.05, 0.1) is 6.61 Å². The molecule has 1 heterocycles. The summed E-state index contributed by atoms with van der Waals surface area (Å²) in [6, 6.07) is 16.3. The first-order chi connectivity index (χ1) is 12.8. The molecule has 2 aromatic carbocycles. The third-order valence-electron chi connectivity index (χ3n) is 4.89. The van der Waals surface area contributed by atoms with Gasteiger partial charge in [-0.15, -0.1) is 0 Å². The minimum absolute atomic E-state index is 0.726. The summed E-state index contributed by atoms with van der Waals surface area (Å²) in [6.45, 7) is 6.95. The summed E-state index contributed by atoms with van der Waals surface area (Å²) in [6.07, 6.45) is 4.45. The van der Waals surface area contributed by atoms with E-state index in [-0.39, 0.29) is 0 Å². The molecule has 0 N–H and O–H groups in total. The van der Waals surface area contributed by atoms with E-state index < -0.39 is 0 Å². The van der Waals surface area contributed by atoms with Gasteiger partial charge in [0.25, 0.3) is 0 Å². The number of carbonyl (C=O) groups is 1. The minimum atomic E-state index is 0.726. The van der Waals surface area contributed by atoms with Gasteiger partial charge in [-0.3, -0.25) is 4.79 Å². The van der Waals surface area contributed by atoms with Gasteiger partial charge in [0.15, 0.2) is 0 Å². The molecule has 1 fully saturated rings. The maximum Gasteiger partial charge on any atom is 0.150 e. The van der Waals surface area contributed by atoms with Crippen molar-refractivity contribution in [3.05, 3.63) is 54.1 Å². The van der Waals surface area contributed by atoms with E-state index in [1.807, 2.05) is 24.3 Å². The summed E-state index contributed by atoms with van der Waals surface area (Å²) >= 11 is 0. The topological polar surface area (TPSA) is 32.8 Å². The van der Waals surface area contributed by atoms with Crippen LogP contribution in [0.4, 0.5) is 11.4 Å². The predicted molar refractivity (Wildman–Crippen MR) is 108 cm³/mol. The summed E-state index contributed by atoms with van der Waals surface area (Å²) in [5, 5.41) is 0. The van der Waals surface area contributed by atoms with E-state index in [1.165, 1.54) is 24.2 Å². The summed E-state index contributed by atoms with van der Waals surface area (Å²) in [5.74, 6) is 0.957. The molecule has 0 bridgehead atoms. The smallest absolute Gasteiger partial charge is 0.150 e. The van der Waals surface area contributed by atoms with Gasteiger partial charge in [-0.05, 0) is 55.0 Å². The number of nitrogens with zero attached hydrogens (tertiary/aromatic N) is 2. The van der Waals surface area contributed by atoms with Gasteiger partial charge in [0.2, 0.25) is 0 Å². The van der Waals surface area contributed by atoms with Crippen LogP contribution in [0.3, 0.4) is 0 Å². The van der Waals surface area contributed by atoms with Crippen molar-refractivity contribution < 1.29 is 9.53 Å². The number of piperazine rings is 1. The zero-order chi connectivity index (χ0) is 18.2. The second-order valence-corrected chi connectivity index (χ2v) is 6.73. The summed E-state index contributed by atoms with van der Waals surface area (Å²) < 4.78 is 5.79. The number of anilines is 2. The highest BCUT2D eigenvalue weighted by atomic mass is 16.5. The lowest BCUT2D eigenvalue weighted by Gasteiger charge is -2.37. The molecule has 1 aliphatic heterocycles. The third kappa shape index (κ3) is 4.78. The zero-order valence-corrected chi connectivity index (χ0v) is 15.6. The van der Waals surface area contributed by atoms with Crippen molar-refractivity contribution in [1.29, 1.82) is 0 Å². The first-order valence-corrected chi connectivity index (χ1v) is 9.58. The lowest BCUT2D eigenvalue weighted by atomic mass is 10.2. The van der Waals surface area contributed by atoms with Crippen LogP contribution in [0, 0.1) is 0 Å². The molecule has 26 heavy (non-hydrogen) atoms. The predicted octanol–water partition coefficient (Wildman–Crippen LogP) is 4.39. The monoisotopic (exact) mass is 352 g/mol. The van der Waals surface area contributed by atoms with Crippen molar-refractivity contribution in [2.24, 2.45) is 0 Å². The molecule has 0 aliphatic carbocycles. The van der Waals surface area contributed by atoms with E-state index in [1.54, 1.807) is 0 Å². The Balaban J connectivity index is 1.50. The maximum atomic E-state index is 10.8. The second kappa shape index (κ2) is 9.27. The van der Waals surface area contributed by atoms with Crippen LogP contribution in [0.15, 0.2) is 48.5 Å². The number of rotatable bonds is 8. The number of unbranched alkanes of at least 4 members (excludes halogenated alkanes) is 2. The molecule has 2 aromatic rings. The second-order valence-electron chi connectivity index (χ2n) is 6.73. The van der Waals surface area contributed by atoms with E-state index in [0.717, 1.165) is 56.8 Å². The van der Waals surface area contributed by atoms with E-state index in [2.05, 4.69) is 41.0 Å². The summed E-state index contributed by atoms with van der Waals surface area (Å²) in [5.41, 5.74) is 3.16. The Hall–Kier alpha value is -2.49. The number of aldehydes is 1. The van der Waals surface area contributed by atoms with Gasteiger partial charge in [0, 0.05) is 43.1 Å². The fourth-order valence-electron chi connectivity index (χ4n) is 3.28. The normalized spacial score (nSPS) is 14.3. The van der Waals surface area contributed by atoms with Crippen LogP contribution < -0.4 is 14.5 Å². The molecule has 0 aromatic heterocycles. The van der Waals surface area contributed by atoms with Crippen molar-refractivity contribution in [3.63, 3.8) is 0 Å². The molecule has 0 spiro atoms. The van der Waals surface area contributed by atoms with Crippen LogP contribution in [0.1, 0.15) is 36.5 Å². The van der Waals surface area contributed by atoms with Crippen LogP contribution in [-0.2, 0) is 0 Å². The number of ether oxygens (including phenoxy) is 1. The van der Waals surface area contributed by atoms with E-state index in [9.17, 15) is 4.79 Å². The number of hydrogen-bond acceptors (Lipinski definition) is 4. The third-order valence-corrected chi connectivity index (χ3v) is 4.89. The SMILES string of the molecule is CCCCCOc1ccc(N2CCN(c3ccc(C=O)cc3)CC2)cc1. The molecular formula is C22H28N2O2. The molecule has 0 amide bonds. The average Bonchev–Trinajstić information content (AvgIpc) is 2.72. The summed E-state index contributed by atoms with van der Waals surface area (Å²) in [4.78, 5) is 15.6. The Kier molecular flexibility index (Phi) is 6.53. The maximum absolute atomic E-state index is 10.8. The highest BCUT2D eigenvalue weighted by molar-refractivity contribution is 5.75. The first-order valence-electron chi connectivity index (χ1n) is 9.58. The highest BCUT2D eigenvalue weighted by Crippen LogP contribution is 2.23. The molecular weight excluding hydrogens is 324 g/mol. The molecule has 3 rings (SSSR count). The molecule has 0 unspecified atom stereocenters. The fourth-order valence-corrected chi connectivity index (χ4v) is 3.28. The summed E-state index contributed by atoms with van der Waals surface area (Å²) in [7, 11) is 0. The Bertz CT molecular complexity index is 674. The molecule has 4 heteroatoms. The number of hydrogen-bond donors (Lipinski definition) is 0. The van der Waals surface area contributed by atoms with Crippen LogP contribution in [0.5, 0.6) is 5.75 Å². The Labute approximate surface area is 156 Å². The van der Waals surface area contributed by atoms with Gasteiger partial charge in [-0.1, -0.05) is 19.8 Å². The van der Waals surface area contributed by atoms with Crippen molar-refractivity contribution >= 4 is 17.7 Å². The van der Waals surface area contributed by atoms with Gasteiger partial charge < -0.3 is 14.5 Å². The molecule has 4 nitrogen and oxygen atoms in total. The minimum Gasteiger partial charge on any atom is -0.494 e. The van der Waals surface area contributed by atoms with Crippen LogP contribution >= 0.6 is 0 Å². The number of benzene rings is 2. The van der Waals surface area contributed by atoms with Gasteiger partial charge in [-0.2, -0.15) is 0 Å². The Morgan fingerprint density at radius 1 is 0.846 bits per heavy atom. The average molecular weight is 352 g/mol. The quantitative estimate of drug-likeness (QED) is 0.521. The number of carbonyl (C=O) groups excluding carboxylic acids is 1. The molecule has 0 atom stereocenters. The first kappa shape index (κ1) is 18.3. The highest BCUT2D eigenvalue weighted by Gasteiger charge is 2.17. The lowest BCUT2D eigenvalue weighted by Crippen LogP contribution is -2.46. The Morgan fingerprint density at radius 3 is 1.88 bits per heavy atom. The van der Waals surface area contributed by atoms with E-state index >= 15 is 0 Å². The molecule has 0 radical (unpaired) electrons. The largest absolute Gasteiger partial charge is 0.494 e. The van der Waals surface area contributed by atoms with Gasteiger partial charge >= 0.3 is 0 Å². The fraction of sp³-hybridized carbons (Fsp3) is 0.409. The van der Waals surface area contributed by atoms with Crippen molar-refractivity contribution in [3.8, 4) is 5.75 Å². The molecule has 138 valence electrons. The van der Waals surface area contributed by atoms with Crippen LogP contribution in [0.25, 0.3) is 0 Å². The van der Waals surface area contributed by atoms with Gasteiger partial charge in [0.1, 0.15) is 12.0 Å².